The summed E-state index contributed by atoms with van der Waals surface area (Å²) in [5.41, 5.74) is 0. The SMILES string of the molecule is CCCNC(=O)C1CCN(C2CCOC2=O)CC1. The summed E-state index contributed by atoms with van der Waals surface area (Å²) < 4.78 is 4.99. The van der Waals surface area contributed by atoms with E-state index in [4.69, 9.17) is 4.74 Å². The van der Waals surface area contributed by atoms with Crippen molar-refractivity contribution in [3.63, 3.8) is 0 Å². The van der Waals surface area contributed by atoms with Crippen molar-refractivity contribution in [2.45, 2.75) is 38.6 Å². The van der Waals surface area contributed by atoms with E-state index in [9.17, 15) is 9.59 Å². The van der Waals surface area contributed by atoms with Crippen molar-refractivity contribution >= 4 is 11.9 Å². The number of likely N-dealkylation sites (tertiary alicyclic amines) is 1. The number of nitrogens with one attached hydrogen (secondary N) is 1. The molecule has 18 heavy (non-hydrogen) atoms. The van der Waals surface area contributed by atoms with E-state index in [2.05, 4.69) is 17.1 Å². The van der Waals surface area contributed by atoms with Crippen LogP contribution in [0.4, 0.5) is 0 Å². The molecule has 1 amide bonds. The van der Waals surface area contributed by atoms with Crippen molar-refractivity contribution in [3.8, 4) is 0 Å². The van der Waals surface area contributed by atoms with Gasteiger partial charge in [-0.05, 0) is 32.4 Å². The number of esters is 1. The second kappa shape index (κ2) is 6.18. The Balaban J connectivity index is 1.77. The fourth-order valence-corrected chi connectivity index (χ4v) is 2.68. The number of carbonyl (C=O) groups is 2. The Hall–Kier alpha value is -1.10. The number of rotatable bonds is 4. The van der Waals surface area contributed by atoms with Crippen LogP contribution in [0.1, 0.15) is 32.6 Å². The van der Waals surface area contributed by atoms with Gasteiger partial charge in [-0.1, -0.05) is 6.92 Å². The molecule has 2 heterocycles. The number of piperidine rings is 1. The summed E-state index contributed by atoms with van der Waals surface area (Å²) in [6, 6.07) is -0.0651. The highest BCUT2D eigenvalue weighted by Crippen LogP contribution is 2.23. The van der Waals surface area contributed by atoms with Crippen LogP contribution in [0.25, 0.3) is 0 Å². The highest BCUT2D eigenvalue weighted by Gasteiger charge is 2.35. The van der Waals surface area contributed by atoms with Crippen molar-refractivity contribution in [2.24, 2.45) is 5.92 Å². The third-order valence-electron chi connectivity index (χ3n) is 3.80. The van der Waals surface area contributed by atoms with E-state index in [1.807, 2.05) is 0 Å². The first-order valence-electron chi connectivity index (χ1n) is 6.90. The zero-order chi connectivity index (χ0) is 13.0. The number of hydrogen-bond acceptors (Lipinski definition) is 4. The lowest BCUT2D eigenvalue weighted by atomic mass is 9.94. The standard InChI is InChI=1S/C13H22N2O3/c1-2-6-14-12(16)10-3-7-15(8-4-10)11-5-9-18-13(11)17/h10-11H,2-9H2,1H3,(H,14,16). The number of cyclic esters (lactones) is 1. The largest absolute Gasteiger partial charge is 0.464 e. The molecule has 2 aliphatic rings. The van der Waals surface area contributed by atoms with E-state index in [1.54, 1.807) is 0 Å². The maximum Gasteiger partial charge on any atom is 0.323 e. The molecular weight excluding hydrogens is 232 g/mol. The highest BCUT2D eigenvalue weighted by atomic mass is 16.5. The molecule has 0 aromatic rings. The summed E-state index contributed by atoms with van der Waals surface area (Å²) in [5, 5.41) is 2.95. The van der Waals surface area contributed by atoms with Gasteiger partial charge in [-0.3, -0.25) is 14.5 Å². The van der Waals surface area contributed by atoms with Crippen molar-refractivity contribution in [2.75, 3.05) is 26.2 Å². The van der Waals surface area contributed by atoms with Crippen molar-refractivity contribution in [3.05, 3.63) is 0 Å². The molecule has 1 N–H and O–H groups in total. The van der Waals surface area contributed by atoms with Gasteiger partial charge in [-0.15, -0.1) is 0 Å². The summed E-state index contributed by atoms with van der Waals surface area (Å²) in [5.74, 6) is 0.194. The predicted molar refractivity (Wildman–Crippen MR) is 67.0 cm³/mol. The molecule has 2 saturated heterocycles. The van der Waals surface area contributed by atoms with Gasteiger partial charge in [0.25, 0.3) is 0 Å². The van der Waals surface area contributed by atoms with Gasteiger partial charge >= 0.3 is 5.97 Å². The molecule has 102 valence electrons. The minimum Gasteiger partial charge on any atom is -0.464 e. The van der Waals surface area contributed by atoms with E-state index >= 15 is 0 Å². The van der Waals surface area contributed by atoms with Crippen LogP contribution in [-0.4, -0.2) is 49.1 Å². The van der Waals surface area contributed by atoms with Crippen molar-refractivity contribution < 1.29 is 14.3 Å². The highest BCUT2D eigenvalue weighted by molar-refractivity contribution is 5.79. The fraction of sp³-hybridized carbons (Fsp3) is 0.846. The first-order valence-corrected chi connectivity index (χ1v) is 6.90. The molecule has 2 fully saturated rings. The second-order valence-corrected chi connectivity index (χ2v) is 5.07. The lowest BCUT2D eigenvalue weighted by molar-refractivity contribution is -0.142. The zero-order valence-electron chi connectivity index (χ0n) is 11.0. The normalized spacial score (nSPS) is 26.1. The van der Waals surface area contributed by atoms with E-state index in [1.165, 1.54) is 0 Å². The summed E-state index contributed by atoms with van der Waals surface area (Å²) in [7, 11) is 0. The fourth-order valence-electron chi connectivity index (χ4n) is 2.68. The average Bonchev–Trinajstić information content (AvgIpc) is 2.82. The Labute approximate surface area is 108 Å². The lowest BCUT2D eigenvalue weighted by Gasteiger charge is -2.33. The van der Waals surface area contributed by atoms with Crippen LogP contribution >= 0.6 is 0 Å². The summed E-state index contributed by atoms with van der Waals surface area (Å²) in [6.45, 7) is 5.00. The number of hydrogen-bond donors (Lipinski definition) is 1. The molecule has 1 atom stereocenters. The number of carbonyl (C=O) groups excluding carboxylic acids is 2. The van der Waals surface area contributed by atoms with E-state index in [-0.39, 0.29) is 23.8 Å². The first kappa shape index (κ1) is 13.3. The van der Waals surface area contributed by atoms with Gasteiger partial charge in [0, 0.05) is 18.9 Å². The van der Waals surface area contributed by atoms with Crippen molar-refractivity contribution in [1.82, 2.24) is 10.2 Å². The summed E-state index contributed by atoms with van der Waals surface area (Å²) >= 11 is 0. The molecule has 0 saturated carbocycles. The van der Waals surface area contributed by atoms with Crippen LogP contribution in [0.15, 0.2) is 0 Å². The maximum atomic E-state index is 11.8. The van der Waals surface area contributed by atoms with E-state index in [0.29, 0.717) is 6.61 Å². The van der Waals surface area contributed by atoms with Gasteiger partial charge in [0.15, 0.2) is 0 Å². The average molecular weight is 254 g/mol. The number of nitrogens with zero attached hydrogens (tertiary/aromatic N) is 1. The smallest absolute Gasteiger partial charge is 0.323 e. The first-order chi connectivity index (χ1) is 8.72. The minimum absolute atomic E-state index is 0.0651. The third-order valence-corrected chi connectivity index (χ3v) is 3.80. The topological polar surface area (TPSA) is 58.6 Å². The van der Waals surface area contributed by atoms with Crippen LogP contribution < -0.4 is 5.32 Å². The van der Waals surface area contributed by atoms with Gasteiger partial charge in [-0.2, -0.15) is 0 Å². The second-order valence-electron chi connectivity index (χ2n) is 5.07. The molecule has 2 rings (SSSR count). The molecular formula is C13H22N2O3. The molecule has 5 nitrogen and oxygen atoms in total. The number of ether oxygens (including phenoxy) is 1. The molecule has 0 aliphatic carbocycles. The number of amides is 1. The van der Waals surface area contributed by atoms with Crippen LogP contribution in [-0.2, 0) is 14.3 Å². The Morgan fingerprint density at radius 3 is 2.67 bits per heavy atom. The lowest BCUT2D eigenvalue weighted by Crippen LogP contribution is -2.46. The van der Waals surface area contributed by atoms with Gasteiger partial charge in [0.1, 0.15) is 6.04 Å². The third kappa shape index (κ3) is 3.02. The Kier molecular flexibility index (Phi) is 4.58. The Bertz CT molecular complexity index is 311. The van der Waals surface area contributed by atoms with Crippen LogP contribution in [0.2, 0.25) is 0 Å². The molecule has 0 bridgehead atoms. The quantitative estimate of drug-likeness (QED) is 0.744. The van der Waals surface area contributed by atoms with Gasteiger partial charge < -0.3 is 10.1 Å². The van der Waals surface area contributed by atoms with Crippen LogP contribution in [0.5, 0.6) is 0 Å². The van der Waals surface area contributed by atoms with Gasteiger partial charge in [0.05, 0.1) is 6.61 Å². The molecule has 0 aromatic carbocycles. The summed E-state index contributed by atoms with van der Waals surface area (Å²) in [6.07, 6.45) is 3.46. The van der Waals surface area contributed by atoms with Gasteiger partial charge in [-0.25, -0.2) is 0 Å². The molecule has 5 heteroatoms. The Morgan fingerprint density at radius 1 is 1.39 bits per heavy atom. The van der Waals surface area contributed by atoms with Crippen LogP contribution in [0, 0.1) is 5.92 Å². The van der Waals surface area contributed by atoms with Crippen LogP contribution in [0.3, 0.4) is 0 Å². The predicted octanol–water partition coefficient (Wildman–Crippen LogP) is 0.540. The maximum absolute atomic E-state index is 11.8. The molecule has 2 aliphatic heterocycles. The van der Waals surface area contributed by atoms with Gasteiger partial charge in [0.2, 0.25) is 5.91 Å². The molecule has 0 spiro atoms. The molecule has 0 aromatic heterocycles. The van der Waals surface area contributed by atoms with E-state index in [0.717, 1.165) is 45.3 Å². The molecule has 0 radical (unpaired) electrons. The Morgan fingerprint density at radius 2 is 2.11 bits per heavy atom. The minimum atomic E-state index is -0.0936. The summed E-state index contributed by atoms with van der Waals surface area (Å²) in [4.78, 5) is 25.5. The monoisotopic (exact) mass is 254 g/mol. The van der Waals surface area contributed by atoms with E-state index < -0.39 is 0 Å². The molecule has 1 unspecified atom stereocenters. The zero-order valence-corrected chi connectivity index (χ0v) is 11.0. The van der Waals surface area contributed by atoms with Crippen molar-refractivity contribution in [1.29, 1.82) is 0 Å².